The number of aromatic nitrogens is 2. The highest BCUT2D eigenvalue weighted by atomic mass is 32.2. The molecule has 0 aliphatic heterocycles. The molecular weight excluding hydrogens is 342 g/mol. The fourth-order valence-corrected chi connectivity index (χ4v) is 2.98. The third-order valence-corrected chi connectivity index (χ3v) is 4.74. The van der Waals surface area contributed by atoms with Crippen LogP contribution in [0.25, 0.3) is 0 Å². The van der Waals surface area contributed by atoms with Crippen molar-refractivity contribution < 1.29 is 17.9 Å². The van der Waals surface area contributed by atoms with Crippen LogP contribution in [0.15, 0.2) is 47.8 Å². The van der Waals surface area contributed by atoms with E-state index in [2.05, 4.69) is 15.3 Å². The van der Waals surface area contributed by atoms with Crippen LogP contribution < -0.4 is 5.32 Å². The van der Waals surface area contributed by atoms with Crippen molar-refractivity contribution in [2.45, 2.75) is 30.6 Å². The second-order valence-corrected chi connectivity index (χ2v) is 7.97. The summed E-state index contributed by atoms with van der Waals surface area (Å²) in [5.41, 5.74) is 1.37. The van der Waals surface area contributed by atoms with Crippen LogP contribution >= 0.6 is 0 Å². The van der Waals surface area contributed by atoms with Crippen LogP contribution in [0.4, 0.5) is 4.79 Å². The highest BCUT2D eigenvalue weighted by Crippen LogP contribution is 2.40. The summed E-state index contributed by atoms with van der Waals surface area (Å²) < 4.78 is 28.5. The summed E-state index contributed by atoms with van der Waals surface area (Å²) in [6, 6.07) is 10.6. The smallest absolute Gasteiger partial charge is 0.408 e. The van der Waals surface area contributed by atoms with Gasteiger partial charge < -0.3 is 10.1 Å². The molecule has 0 bridgehead atoms. The van der Waals surface area contributed by atoms with Gasteiger partial charge in [0.2, 0.25) is 15.0 Å². The maximum atomic E-state index is 12.1. The number of ether oxygens (including phenoxy) is 1. The fourth-order valence-electron chi connectivity index (χ4n) is 2.46. The first-order chi connectivity index (χ1) is 11.9. The maximum Gasteiger partial charge on any atom is 0.408 e. The third kappa shape index (κ3) is 4.76. The molecule has 1 heterocycles. The van der Waals surface area contributed by atoms with Crippen LogP contribution in [0, 0.1) is 5.92 Å². The minimum absolute atomic E-state index is 0.169. The predicted octanol–water partition coefficient (Wildman–Crippen LogP) is 2.26. The molecule has 1 aromatic heterocycles. The first kappa shape index (κ1) is 17.3. The summed E-state index contributed by atoms with van der Waals surface area (Å²) in [7, 11) is -3.51. The summed E-state index contributed by atoms with van der Waals surface area (Å²) in [5.74, 6) is 0.228. The molecule has 1 N–H and O–H groups in total. The normalized spacial score (nSPS) is 15.4. The number of benzene rings is 1. The Morgan fingerprint density at radius 1 is 1.28 bits per heavy atom. The van der Waals surface area contributed by atoms with Crippen molar-refractivity contribution in [3.8, 4) is 0 Å². The van der Waals surface area contributed by atoms with Crippen LogP contribution in [0.2, 0.25) is 0 Å². The van der Waals surface area contributed by atoms with E-state index in [1.54, 1.807) is 6.07 Å². The minimum atomic E-state index is -3.51. The van der Waals surface area contributed by atoms with Gasteiger partial charge in [0.15, 0.2) is 0 Å². The molecule has 25 heavy (non-hydrogen) atoms. The van der Waals surface area contributed by atoms with Crippen LogP contribution in [0.1, 0.15) is 30.1 Å². The summed E-state index contributed by atoms with van der Waals surface area (Å²) in [5, 5.41) is 2.56. The number of nitrogens with one attached hydrogen (secondary N) is 1. The summed E-state index contributed by atoms with van der Waals surface area (Å²) in [6.07, 6.45) is 3.79. The van der Waals surface area contributed by atoms with Gasteiger partial charge in [-0.05, 0) is 30.4 Å². The first-order valence-electron chi connectivity index (χ1n) is 7.94. The maximum absolute atomic E-state index is 12.1. The zero-order valence-electron chi connectivity index (χ0n) is 13.8. The summed E-state index contributed by atoms with van der Waals surface area (Å²) in [4.78, 5) is 20.0. The molecule has 1 fully saturated rings. The average Bonchev–Trinajstić information content (AvgIpc) is 3.43. The van der Waals surface area contributed by atoms with Crippen molar-refractivity contribution in [1.82, 2.24) is 15.3 Å². The molecule has 0 spiro atoms. The molecular formula is C17H19N3O4S. The lowest BCUT2D eigenvalue weighted by atomic mass is 10.1. The molecule has 1 atom stereocenters. The Bertz CT molecular complexity index is 851. The zero-order valence-corrected chi connectivity index (χ0v) is 14.6. The van der Waals surface area contributed by atoms with E-state index >= 15 is 0 Å². The second-order valence-electron chi connectivity index (χ2n) is 6.06. The van der Waals surface area contributed by atoms with Crippen LogP contribution in [0.5, 0.6) is 0 Å². The van der Waals surface area contributed by atoms with Crippen molar-refractivity contribution in [3.63, 3.8) is 0 Å². The van der Waals surface area contributed by atoms with Gasteiger partial charge in [0.25, 0.3) is 0 Å². The highest BCUT2D eigenvalue weighted by molar-refractivity contribution is 7.90. The molecule has 1 aliphatic rings. The van der Waals surface area contributed by atoms with Gasteiger partial charge in [-0.2, -0.15) is 0 Å². The second kappa shape index (κ2) is 7.18. The van der Waals surface area contributed by atoms with Crippen molar-refractivity contribution >= 4 is 15.9 Å². The number of rotatable bonds is 6. The lowest BCUT2D eigenvalue weighted by Gasteiger charge is -2.18. The van der Waals surface area contributed by atoms with Crippen molar-refractivity contribution in [1.29, 1.82) is 0 Å². The molecule has 2 aromatic rings. The molecule has 3 rings (SSSR count). The van der Waals surface area contributed by atoms with Gasteiger partial charge in [-0.25, -0.2) is 23.2 Å². The molecule has 1 unspecified atom stereocenters. The first-order valence-corrected chi connectivity index (χ1v) is 9.83. The molecule has 0 saturated heterocycles. The standard InChI is InChI=1S/C17H19N3O4S/c1-25(22,23)16-18-10-9-14(19-16)15(13-7-8-13)20-17(21)24-11-12-5-3-2-4-6-12/h2-6,9-10,13,15H,7-8,11H2,1H3,(H,20,21). The molecule has 1 aliphatic carbocycles. The number of hydrogen-bond acceptors (Lipinski definition) is 6. The van der Waals surface area contributed by atoms with Crippen LogP contribution in [-0.2, 0) is 21.2 Å². The molecule has 1 aromatic carbocycles. The van der Waals surface area contributed by atoms with Crippen molar-refractivity contribution in [2.24, 2.45) is 5.92 Å². The van der Waals surface area contributed by atoms with E-state index in [-0.39, 0.29) is 23.7 Å². The zero-order chi connectivity index (χ0) is 17.9. The van der Waals surface area contributed by atoms with E-state index in [1.165, 1.54) is 6.20 Å². The SMILES string of the molecule is CS(=O)(=O)c1nccc(C(NC(=O)OCc2ccccc2)C2CC2)n1. The van der Waals surface area contributed by atoms with Gasteiger partial charge in [0, 0.05) is 12.5 Å². The third-order valence-electron chi connectivity index (χ3n) is 3.88. The van der Waals surface area contributed by atoms with Crippen molar-refractivity contribution in [3.05, 3.63) is 53.9 Å². The molecule has 1 saturated carbocycles. The quantitative estimate of drug-likeness (QED) is 0.793. The molecule has 8 heteroatoms. The topological polar surface area (TPSA) is 98.2 Å². The molecule has 1 amide bonds. The minimum Gasteiger partial charge on any atom is -0.445 e. The van der Waals surface area contributed by atoms with Gasteiger partial charge in [-0.1, -0.05) is 30.3 Å². The Labute approximate surface area is 146 Å². The van der Waals surface area contributed by atoms with Crippen LogP contribution in [-0.4, -0.2) is 30.7 Å². The number of nitrogens with zero attached hydrogens (tertiary/aromatic N) is 2. The van der Waals surface area contributed by atoms with E-state index in [0.717, 1.165) is 24.7 Å². The van der Waals surface area contributed by atoms with E-state index in [0.29, 0.717) is 5.69 Å². The van der Waals surface area contributed by atoms with Crippen molar-refractivity contribution in [2.75, 3.05) is 6.26 Å². The molecule has 132 valence electrons. The van der Waals surface area contributed by atoms with E-state index < -0.39 is 15.9 Å². The lowest BCUT2D eigenvalue weighted by molar-refractivity contribution is 0.134. The summed E-state index contributed by atoms with van der Waals surface area (Å²) >= 11 is 0. The Morgan fingerprint density at radius 3 is 2.64 bits per heavy atom. The number of hydrogen-bond donors (Lipinski definition) is 1. The fraction of sp³-hybridized carbons (Fsp3) is 0.353. The lowest BCUT2D eigenvalue weighted by Crippen LogP contribution is -2.31. The van der Waals surface area contributed by atoms with Gasteiger partial charge in [-0.3, -0.25) is 0 Å². The largest absolute Gasteiger partial charge is 0.445 e. The Hall–Kier alpha value is -2.48. The monoisotopic (exact) mass is 361 g/mol. The number of amides is 1. The van der Waals surface area contributed by atoms with Crippen LogP contribution in [0.3, 0.4) is 0 Å². The van der Waals surface area contributed by atoms with E-state index in [9.17, 15) is 13.2 Å². The number of alkyl carbamates (subject to hydrolysis) is 1. The van der Waals surface area contributed by atoms with E-state index in [4.69, 9.17) is 4.74 Å². The number of carbonyl (C=O) groups is 1. The molecule has 7 nitrogen and oxygen atoms in total. The van der Waals surface area contributed by atoms with Gasteiger partial charge in [-0.15, -0.1) is 0 Å². The highest BCUT2D eigenvalue weighted by Gasteiger charge is 2.35. The Balaban J connectivity index is 1.69. The van der Waals surface area contributed by atoms with Gasteiger partial charge in [0.1, 0.15) is 6.61 Å². The number of sulfone groups is 1. The predicted molar refractivity (Wildman–Crippen MR) is 90.4 cm³/mol. The van der Waals surface area contributed by atoms with Gasteiger partial charge >= 0.3 is 6.09 Å². The Kier molecular flexibility index (Phi) is 4.98. The summed E-state index contributed by atoms with van der Waals surface area (Å²) in [6.45, 7) is 0.169. The number of carbonyl (C=O) groups excluding carboxylic acids is 1. The van der Waals surface area contributed by atoms with Gasteiger partial charge in [0.05, 0.1) is 11.7 Å². The Morgan fingerprint density at radius 2 is 2.00 bits per heavy atom. The molecule has 0 radical (unpaired) electrons. The van der Waals surface area contributed by atoms with E-state index in [1.807, 2.05) is 30.3 Å². The average molecular weight is 361 g/mol.